The lowest BCUT2D eigenvalue weighted by molar-refractivity contribution is -0.118. The van der Waals surface area contributed by atoms with Crippen LogP contribution in [0.25, 0.3) is 0 Å². The molecular formula is C19H20ClN3OS2. The zero-order valence-electron chi connectivity index (χ0n) is 14.9. The van der Waals surface area contributed by atoms with Crippen LogP contribution < -0.4 is 5.32 Å². The molecule has 1 amide bonds. The summed E-state index contributed by atoms with van der Waals surface area (Å²) < 4.78 is 0. The van der Waals surface area contributed by atoms with Crippen molar-refractivity contribution in [2.45, 2.75) is 30.7 Å². The first-order valence-electron chi connectivity index (χ1n) is 8.08. The highest BCUT2D eigenvalue weighted by molar-refractivity contribution is 8.00. The number of rotatable bonds is 7. The molecule has 0 fully saturated rings. The summed E-state index contributed by atoms with van der Waals surface area (Å²) in [5.41, 5.74) is 3.41. The van der Waals surface area contributed by atoms with Crippen molar-refractivity contribution in [3.05, 3.63) is 51.7 Å². The van der Waals surface area contributed by atoms with Gasteiger partial charge in [-0.1, -0.05) is 23.4 Å². The molecule has 1 aromatic carbocycles. The Labute approximate surface area is 167 Å². The summed E-state index contributed by atoms with van der Waals surface area (Å²) in [4.78, 5) is 17.6. The minimum absolute atomic E-state index is 0.0618. The summed E-state index contributed by atoms with van der Waals surface area (Å²) in [7, 11) is 0. The highest BCUT2D eigenvalue weighted by atomic mass is 35.5. The van der Waals surface area contributed by atoms with E-state index in [4.69, 9.17) is 11.6 Å². The number of carbonyl (C=O) groups is 1. The minimum Gasteiger partial charge on any atom is -0.355 e. The highest BCUT2D eigenvalue weighted by Gasteiger charge is 2.14. The van der Waals surface area contributed by atoms with Crippen LogP contribution in [0, 0.1) is 32.1 Å². The summed E-state index contributed by atoms with van der Waals surface area (Å²) in [6, 6.07) is 9.83. The molecule has 0 unspecified atom stereocenters. The molecule has 0 spiro atoms. The van der Waals surface area contributed by atoms with Crippen LogP contribution in [0.4, 0.5) is 0 Å². The fraction of sp³-hybridized carbons (Fsp3) is 0.316. The lowest BCUT2D eigenvalue weighted by Gasteiger charge is -2.11. The van der Waals surface area contributed by atoms with Crippen LogP contribution >= 0.6 is 35.1 Å². The van der Waals surface area contributed by atoms with Gasteiger partial charge in [0.2, 0.25) is 5.91 Å². The second-order valence-corrected chi connectivity index (χ2v) is 8.25. The Kier molecular flexibility index (Phi) is 7.83. The van der Waals surface area contributed by atoms with Crippen LogP contribution in [-0.4, -0.2) is 28.9 Å². The van der Waals surface area contributed by atoms with Crippen molar-refractivity contribution < 1.29 is 4.79 Å². The molecule has 0 radical (unpaired) electrons. The molecule has 1 N–H and O–H groups in total. The number of pyridine rings is 1. The smallest absolute Gasteiger partial charge is 0.230 e. The van der Waals surface area contributed by atoms with Crippen molar-refractivity contribution in [2.24, 2.45) is 0 Å². The lowest BCUT2D eigenvalue weighted by atomic mass is 10.1. The van der Waals surface area contributed by atoms with Crippen molar-refractivity contribution in [2.75, 3.05) is 18.1 Å². The first-order chi connectivity index (χ1) is 12.4. The second kappa shape index (κ2) is 9.86. The number of benzene rings is 1. The van der Waals surface area contributed by atoms with Crippen molar-refractivity contribution in [3.8, 4) is 6.07 Å². The highest BCUT2D eigenvalue weighted by Crippen LogP contribution is 2.26. The maximum atomic E-state index is 12.0. The van der Waals surface area contributed by atoms with Crippen LogP contribution in [0.2, 0.25) is 5.02 Å². The number of nitriles is 1. The molecule has 0 aliphatic heterocycles. The predicted molar refractivity (Wildman–Crippen MR) is 109 cm³/mol. The van der Waals surface area contributed by atoms with Gasteiger partial charge >= 0.3 is 0 Å². The number of aromatic nitrogens is 1. The molecule has 0 atom stereocenters. The normalized spacial score (nSPS) is 10.4. The average Bonchev–Trinajstić information content (AvgIpc) is 2.63. The summed E-state index contributed by atoms with van der Waals surface area (Å²) >= 11 is 8.82. The number of hydrogen-bond acceptors (Lipinski definition) is 5. The molecule has 1 aromatic heterocycles. The van der Waals surface area contributed by atoms with E-state index in [0.717, 1.165) is 27.5 Å². The Morgan fingerprint density at radius 1 is 1.19 bits per heavy atom. The number of nitrogens with one attached hydrogen (secondary N) is 1. The maximum Gasteiger partial charge on any atom is 0.230 e. The van der Waals surface area contributed by atoms with Crippen LogP contribution in [-0.2, 0) is 4.79 Å². The van der Waals surface area contributed by atoms with Gasteiger partial charge < -0.3 is 5.32 Å². The maximum absolute atomic E-state index is 12.0. The van der Waals surface area contributed by atoms with Crippen molar-refractivity contribution in [1.29, 1.82) is 5.26 Å². The van der Waals surface area contributed by atoms with Crippen LogP contribution in [0.15, 0.2) is 34.2 Å². The summed E-state index contributed by atoms with van der Waals surface area (Å²) in [6.45, 7) is 6.37. The zero-order chi connectivity index (χ0) is 19.1. The topological polar surface area (TPSA) is 65.8 Å². The van der Waals surface area contributed by atoms with E-state index in [0.29, 0.717) is 22.2 Å². The fourth-order valence-electron chi connectivity index (χ4n) is 2.22. The van der Waals surface area contributed by atoms with Gasteiger partial charge in [-0.15, -0.1) is 11.8 Å². The van der Waals surface area contributed by atoms with E-state index >= 15 is 0 Å². The molecule has 0 aliphatic carbocycles. The van der Waals surface area contributed by atoms with E-state index in [1.54, 1.807) is 11.8 Å². The first-order valence-corrected chi connectivity index (χ1v) is 10.4. The average molecular weight is 406 g/mol. The van der Waals surface area contributed by atoms with E-state index in [1.807, 2.05) is 45.0 Å². The van der Waals surface area contributed by atoms with Gasteiger partial charge in [0.1, 0.15) is 11.1 Å². The number of carbonyl (C=O) groups excluding carboxylic acids is 1. The van der Waals surface area contributed by atoms with E-state index in [9.17, 15) is 10.1 Å². The summed E-state index contributed by atoms with van der Waals surface area (Å²) in [6.07, 6.45) is 0. The Bertz CT molecular complexity index is 832. The number of hydrogen-bond donors (Lipinski definition) is 1. The molecule has 0 saturated carbocycles. The quantitative estimate of drug-likeness (QED) is 0.541. The standard InChI is InChI=1S/C19H20ClN3OS2/c1-12-13(2)17(10-21)19(23-14(12)3)26-11-18(24)22-8-9-25-16-6-4-15(20)5-7-16/h4-7H,8-9,11H2,1-3H3,(H,22,24). The molecule has 7 heteroatoms. The van der Waals surface area contributed by atoms with Gasteiger partial charge in [0, 0.05) is 27.9 Å². The van der Waals surface area contributed by atoms with Gasteiger partial charge in [-0.05, 0) is 56.2 Å². The Morgan fingerprint density at radius 2 is 1.88 bits per heavy atom. The molecule has 26 heavy (non-hydrogen) atoms. The third kappa shape index (κ3) is 5.66. The first kappa shape index (κ1) is 20.6. The van der Waals surface area contributed by atoms with Gasteiger partial charge in [0.25, 0.3) is 0 Å². The molecule has 2 aromatic rings. The van der Waals surface area contributed by atoms with Crippen LogP contribution in [0.1, 0.15) is 22.4 Å². The molecule has 2 rings (SSSR count). The number of thioether (sulfide) groups is 2. The van der Waals surface area contributed by atoms with Gasteiger partial charge in [-0.3, -0.25) is 4.79 Å². The van der Waals surface area contributed by atoms with Crippen molar-refractivity contribution in [1.82, 2.24) is 10.3 Å². The van der Waals surface area contributed by atoms with E-state index in [2.05, 4.69) is 16.4 Å². The number of halogens is 1. The third-order valence-electron chi connectivity index (χ3n) is 3.92. The van der Waals surface area contributed by atoms with Crippen LogP contribution in [0.3, 0.4) is 0 Å². The van der Waals surface area contributed by atoms with Gasteiger partial charge in [0.05, 0.1) is 11.3 Å². The molecule has 4 nitrogen and oxygen atoms in total. The van der Waals surface area contributed by atoms with Crippen molar-refractivity contribution >= 4 is 41.0 Å². The monoisotopic (exact) mass is 405 g/mol. The molecule has 0 bridgehead atoms. The van der Waals surface area contributed by atoms with Gasteiger partial charge in [0.15, 0.2) is 0 Å². The van der Waals surface area contributed by atoms with Gasteiger partial charge in [-0.2, -0.15) is 5.26 Å². The Hall–Kier alpha value is -1.68. The Balaban J connectivity index is 1.80. The fourth-order valence-corrected chi connectivity index (χ4v) is 4.03. The molecule has 1 heterocycles. The number of aryl methyl sites for hydroxylation is 1. The summed E-state index contributed by atoms with van der Waals surface area (Å²) in [5, 5.41) is 13.6. The molecule has 0 aliphatic rings. The molecular weight excluding hydrogens is 386 g/mol. The third-order valence-corrected chi connectivity index (χ3v) is 6.16. The lowest BCUT2D eigenvalue weighted by Crippen LogP contribution is -2.27. The van der Waals surface area contributed by atoms with Gasteiger partial charge in [-0.25, -0.2) is 4.98 Å². The number of amides is 1. The van der Waals surface area contributed by atoms with Crippen molar-refractivity contribution in [3.63, 3.8) is 0 Å². The zero-order valence-corrected chi connectivity index (χ0v) is 17.3. The second-order valence-electron chi connectivity index (χ2n) is 5.68. The van der Waals surface area contributed by atoms with E-state index < -0.39 is 0 Å². The predicted octanol–water partition coefficient (Wildman–Crippen LogP) is 4.53. The molecule has 0 saturated heterocycles. The minimum atomic E-state index is -0.0618. The number of nitrogens with zero attached hydrogens (tertiary/aromatic N) is 2. The Morgan fingerprint density at radius 3 is 2.54 bits per heavy atom. The van der Waals surface area contributed by atoms with E-state index in [1.165, 1.54) is 11.8 Å². The van der Waals surface area contributed by atoms with Crippen LogP contribution in [0.5, 0.6) is 0 Å². The SMILES string of the molecule is Cc1nc(SCC(=O)NCCSc2ccc(Cl)cc2)c(C#N)c(C)c1C. The summed E-state index contributed by atoms with van der Waals surface area (Å²) in [5.74, 6) is 0.964. The molecule has 136 valence electrons. The largest absolute Gasteiger partial charge is 0.355 e. The van der Waals surface area contributed by atoms with E-state index in [-0.39, 0.29) is 11.7 Å².